The lowest BCUT2D eigenvalue weighted by Crippen LogP contribution is -2.25. The van der Waals surface area contributed by atoms with Crippen LogP contribution < -0.4 is 21.1 Å². The fraction of sp³-hybridized carbons (Fsp3) is 0.176. The van der Waals surface area contributed by atoms with Gasteiger partial charge in [0, 0.05) is 18.4 Å². The highest BCUT2D eigenvalue weighted by atomic mass is 35.5. The third-order valence-corrected chi connectivity index (χ3v) is 3.71. The van der Waals surface area contributed by atoms with Gasteiger partial charge >= 0.3 is 0 Å². The molecule has 0 unspecified atom stereocenters. The lowest BCUT2D eigenvalue weighted by Gasteiger charge is -2.12. The van der Waals surface area contributed by atoms with E-state index in [9.17, 15) is 4.79 Å². The molecule has 0 bridgehead atoms. The largest absolute Gasteiger partial charge is 0.490 e. The van der Waals surface area contributed by atoms with Crippen molar-refractivity contribution < 1.29 is 9.53 Å². The zero-order valence-electron chi connectivity index (χ0n) is 14.0. The van der Waals surface area contributed by atoms with Crippen molar-refractivity contribution in [2.24, 2.45) is 0 Å². The van der Waals surface area contributed by atoms with Crippen molar-refractivity contribution in [1.82, 2.24) is 20.3 Å². The van der Waals surface area contributed by atoms with E-state index in [1.165, 1.54) is 13.3 Å². The first kappa shape index (κ1) is 17.7. The van der Waals surface area contributed by atoms with Crippen LogP contribution in [0.4, 0.5) is 17.2 Å². The Hall–Kier alpha value is -3.13. The molecule has 0 fully saturated rings. The van der Waals surface area contributed by atoms with Crippen molar-refractivity contribution in [3.05, 3.63) is 41.9 Å². The van der Waals surface area contributed by atoms with E-state index in [1.54, 1.807) is 30.5 Å². The van der Waals surface area contributed by atoms with Gasteiger partial charge in [0.25, 0.3) is 0 Å². The van der Waals surface area contributed by atoms with Crippen LogP contribution in [0, 0.1) is 0 Å². The normalized spacial score (nSPS) is 10.5. The minimum Gasteiger partial charge on any atom is -0.490 e. The van der Waals surface area contributed by atoms with E-state index >= 15 is 0 Å². The molecule has 0 aliphatic rings. The molecule has 3 rings (SSSR count). The molecule has 9 heteroatoms. The maximum atomic E-state index is 10.9. The fourth-order valence-corrected chi connectivity index (χ4v) is 2.41. The molecule has 26 heavy (non-hydrogen) atoms. The number of benzene rings is 1. The van der Waals surface area contributed by atoms with Gasteiger partial charge in [0.05, 0.1) is 29.6 Å². The first-order chi connectivity index (χ1) is 12.5. The number of nitrogens with zero attached hydrogens (tertiary/aromatic N) is 3. The standard InChI is InChI=1S/C17H17ClN6O2/c1-10(25)20-4-5-26-15-7-14-12(6-13(15)19)17(23-9-22-14)24-11-2-3-16(18)21-8-11/h2-3,6-9H,4-5,19H2,1H3,(H,20,25)(H,22,23,24). The first-order valence-corrected chi connectivity index (χ1v) is 8.21. The number of carbonyl (C=O) groups excluding carboxylic acids is 1. The molecule has 2 heterocycles. The second-order valence-electron chi connectivity index (χ2n) is 5.46. The molecule has 1 aromatic carbocycles. The number of nitrogen functional groups attached to an aromatic ring is 1. The van der Waals surface area contributed by atoms with Crippen molar-refractivity contribution in [3.63, 3.8) is 0 Å². The summed E-state index contributed by atoms with van der Waals surface area (Å²) in [4.78, 5) is 23.4. The van der Waals surface area contributed by atoms with Gasteiger partial charge in [-0.1, -0.05) is 11.6 Å². The topological polar surface area (TPSA) is 115 Å². The summed E-state index contributed by atoms with van der Waals surface area (Å²) in [6, 6.07) is 6.97. The highest BCUT2D eigenvalue weighted by Crippen LogP contribution is 2.31. The van der Waals surface area contributed by atoms with Crippen LogP contribution in [-0.4, -0.2) is 34.0 Å². The quantitative estimate of drug-likeness (QED) is 0.346. The SMILES string of the molecule is CC(=O)NCCOc1cc2ncnc(Nc3ccc(Cl)nc3)c2cc1N. The smallest absolute Gasteiger partial charge is 0.216 e. The Morgan fingerprint density at radius 2 is 2.12 bits per heavy atom. The fourth-order valence-electron chi connectivity index (χ4n) is 2.30. The Morgan fingerprint density at radius 3 is 2.85 bits per heavy atom. The molecule has 0 saturated carbocycles. The van der Waals surface area contributed by atoms with Crippen molar-refractivity contribution in [3.8, 4) is 5.75 Å². The number of nitrogens with two attached hydrogens (primary N) is 1. The van der Waals surface area contributed by atoms with Gasteiger partial charge in [-0.15, -0.1) is 0 Å². The van der Waals surface area contributed by atoms with E-state index in [0.717, 1.165) is 11.1 Å². The average Bonchev–Trinajstić information content (AvgIpc) is 2.61. The van der Waals surface area contributed by atoms with Gasteiger partial charge in [-0.3, -0.25) is 4.79 Å². The number of hydrogen-bond acceptors (Lipinski definition) is 7. The number of amides is 1. The van der Waals surface area contributed by atoms with E-state index in [2.05, 4.69) is 25.6 Å². The Morgan fingerprint density at radius 1 is 1.27 bits per heavy atom. The summed E-state index contributed by atoms with van der Waals surface area (Å²) in [5.41, 5.74) is 7.95. The summed E-state index contributed by atoms with van der Waals surface area (Å²) in [7, 11) is 0. The molecule has 0 aliphatic heterocycles. The lowest BCUT2D eigenvalue weighted by molar-refractivity contribution is -0.119. The third-order valence-electron chi connectivity index (χ3n) is 3.49. The minimum absolute atomic E-state index is 0.111. The molecule has 0 spiro atoms. The van der Waals surface area contributed by atoms with E-state index in [0.29, 0.717) is 41.1 Å². The highest BCUT2D eigenvalue weighted by Gasteiger charge is 2.10. The summed E-state index contributed by atoms with van der Waals surface area (Å²) >= 11 is 5.80. The van der Waals surface area contributed by atoms with Gasteiger partial charge in [0.1, 0.15) is 29.7 Å². The van der Waals surface area contributed by atoms with Crippen molar-refractivity contribution in [1.29, 1.82) is 0 Å². The number of rotatable bonds is 6. The molecule has 1 amide bonds. The van der Waals surface area contributed by atoms with Gasteiger partial charge < -0.3 is 21.1 Å². The number of halogens is 1. The van der Waals surface area contributed by atoms with Gasteiger partial charge in [-0.25, -0.2) is 15.0 Å². The maximum absolute atomic E-state index is 10.9. The molecule has 4 N–H and O–H groups in total. The van der Waals surface area contributed by atoms with E-state index in [4.69, 9.17) is 22.1 Å². The number of ether oxygens (including phenoxy) is 1. The summed E-state index contributed by atoms with van der Waals surface area (Å²) in [5, 5.41) is 6.98. The second kappa shape index (κ2) is 7.83. The maximum Gasteiger partial charge on any atom is 0.216 e. The highest BCUT2D eigenvalue weighted by molar-refractivity contribution is 6.29. The van der Waals surface area contributed by atoms with Crippen LogP contribution in [-0.2, 0) is 4.79 Å². The van der Waals surface area contributed by atoms with Gasteiger partial charge in [0.2, 0.25) is 5.91 Å². The number of anilines is 3. The zero-order valence-corrected chi connectivity index (χ0v) is 14.7. The van der Waals surface area contributed by atoms with Crippen LogP contribution in [0.5, 0.6) is 5.75 Å². The molecule has 0 atom stereocenters. The summed E-state index contributed by atoms with van der Waals surface area (Å²) in [6.45, 7) is 2.15. The number of hydrogen-bond donors (Lipinski definition) is 3. The van der Waals surface area contributed by atoms with E-state index in [1.807, 2.05) is 0 Å². The molecule has 0 saturated heterocycles. The van der Waals surface area contributed by atoms with Crippen molar-refractivity contribution >= 4 is 45.6 Å². The van der Waals surface area contributed by atoms with Crippen LogP contribution >= 0.6 is 11.6 Å². The first-order valence-electron chi connectivity index (χ1n) is 7.83. The summed E-state index contributed by atoms with van der Waals surface area (Å²) in [6.07, 6.45) is 3.06. The van der Waals surface area contributed by atoms with E-state index in [-0.39, 0.29) is 5.91 Å². The molecule has 0 radical (unpaired) electrons. The van der Waals surface area contributed by atoms with Crippen LogP contribution in [0.15, 0.2) is 36.8 Å². The molecular weight excluding hydrogens is 356 g/mol. The van der Waals surface area contributed by atoms with Crippen LogP contribution in [0.25, 0.3) is 10.9 Å². The van der Waals surface area contributed by atoms with Gasteiger partial charge in [-0.2, -0.15) is 0 Å². The number of carbonyl (C=O) groups is 1. The Labute approximate surface area is 154 Å². The molecule has 0 aliphatic carbocycles. The number of aromatic nitrogens is 3. The number of nitrogens with one attached hydrogen (secondary N) is 2. The Bertz CT molecular complexity index is 932. The average molecular weight is 373 g/mol. The summed E-state index contributed by atoms with van der Waals surface area (Å²) < 4.78 is 5.62. The number of fused-ring (bicyclic) bond motifs is 1. The van der Waals surface area contributed by atoms with Gasteiger partial charge in [0.15, 0.2) is 0 Å². The molecule has 2 aromatic heterocycles. The third kappa shape index (κ3) is 4.28. The van der Waals surface area contributed by atoms with Crippen LogP contribution in [0.3, 0.4) is 0 Å². The molecule has 8 nitrogen and oxygen atoms in total. The van der Waals surface area contributed by atoms with Crippen LogP contribution in [0.2, 0.25) is 5.15 Å². The summed E-state index contributed by atoms with van der Waals surface area (Å²) in [5.74, 6) is 0.983. The molecular formula is C17H17ClN6O2. The lowest BCUT2D eigenvalue weighted by atomic mass is 10.2. The van der Waals surface area contributed by atoms with E-state index < -0.39 is 0 Å². The minimum atomic E-state index is -0.111. The van der Waals surface area contributed by atoms with Crippen molar-refractivity contribution in [2.75, 3.05) is 24.2 Å². The Kier molecular flexibility index (Phi) is 5.33. The number of pyridine rings is 1. The molecule has 3 aromatic rings. The predicted octanol–water partition coefficient (Wildman–Crippen LogP) is 2.52. The Balaban J connectivity index is 1.82. The van der Waals surface area contributed by atoms with Crippen molar-refractivity contribution in [2.45, 2.75) is 6.92 Å². The zero-order chi connectivity index (χ0) is 18.5. The molecule has 134 valence electrons. The monoisotopic (exact) mass is 372 g/mol. The van der Waals surface area contributed by atoms with Gasteiger partial charge in [-0.05, 0) is 18.2 Å². The predicted molar refractivity (Wildman–Crippen MR) is 101 cm³/mol. The second-order valence-corrected chi connectivity index (χ2v) is 5.84. The van der Waals surface area contributed by atoms with Crippen LogP contribution in [0.1, 0.15) is 6.92 Å².